The summed E-state index contributed by atoms with van der Waals surface area (Å²) in [5.41, 5.74) is 1.23. The lowest BCUT2D eigenvalue weighted by atomic mass is 9.84. The van der Waals surface area contributed by atoms with Gasteiger partial charge in [0.2, 0.25) is 11.8 Å². The molecule has 5 nitrogen and oxygen atoms in total. The molecule has 3 amide bonds. The average Bonchev–Trinajstić information content (AvgIpc) is 3.20. The van der Waals surface area contributed by atoms with Crippen molar-refractivity contribution in [3.63, 3.8) is 0 Å². The number of amides is 3. The summed E-state index contributed by atoms with van der Waals surface area (Å²) >= 11 is 45.4. The molecule has 1 aliphatic heterocycles. The first kappa shape index (κ1) is 25.5. The Bertz CT molecular complexity index is 1330. The molecule has 2 aromatic carbocycles. The van der Waals surface area contributed by atoms with E-state index < -0.39 is 43.6 Å². The average molecular weight is 614 g/mol. The van der Waals surface area contributed by atoms with Crippen molar-refractivity contribution in [3.05, 3.63) is 68.7 Å². The van der Waals surface area contributed by atoms with Crippen molar-refractivity contribution in [3.8, 4) is 0 Å². The fourth-order valence-corrected chi connectivity index (χ4v) is 8.13. The zero-order valence-corrected chi connectivity index (χ0v) is 22.8. The first-order valence-electron chi connectivity index (χ1n) is 10.2. The lowest BCUT2D eigenvalue weighted by molar-refractivity contribution is -0.123. The van der Waals surface area contributed by atoms with Crippen LogP contribution in [-0.4, -0.2) is 31.8 Å². The van der Waals surface area contributed by atoms with Gasteiger partial charge in [-0.1, -0.05) is 76.2 Å². The highest BCUT2D eigenvalue weighted by Gasteiger charge is 2.87. The quantitative estimate of drug-likeness (QED) is 0.304. The summed E-state index contributed by atoms with van der Waals surface area (Å²) in [4.78, 5) is 37.6. The minimum atomic E-state index is -2.04. The molecule has 5 rings (SSSR count). The molecule has 12 heteroatoms. The number of allylic oxidation sites excluding steroid dienone is 2. The number of hydrogen-bond acceptors (Lipinski definition) is 3. The van der Waals surface area contributed by atoms with E-state index in [2.05, 4.69) is 5.32 Å². The lowest BCUT2D eigenvalue weighted by Gasteiger charge is -2.34. The normalized spacial score (nSPS) is 30.8. The van der Waals surface area contributed by atoms with Crippen molar-refractivity contribution in [2.24, 2.45) is 11.8 Å². The topological polar surface area (TPSA) is 66.5 Å². The molecule has 2 fully saturated rings. The molecule has 1 saturated heterocycles. The molecule has 2 bridgehead atoms. The van der Waals surface area contributed by atoms with E-state index in [0.29, 0.717) is 16.3 Å². The predicted octanol–water partition coefficient (Wildman–Crippen LogP) is 6.85. The van der Waals surface area contributed by atoms with Crippen molar-refractivity contribution in [2.75, 3.05) is 10.2 Å². The van der Waals surface area contributed by atoms with Gasteiger partial charge < -0.3 is 5.32 Å². The molecule has 35 heavy (non-hydrogen) atoms. The van der Waals surface area contributed by atoms with Gasteiger partial charge in [-0.15, -0.1) is 23.2 Å². The second-order valence-corrected chi connectivity index (χ2v) is 12.2. The first-order chi connectivity index (χ1) is 16.3. The molecule has 2 aliphatic carbocycles. The molecule has 3 aliphatic rings. The Balaban J connectivity index is 1.57. The Morgan fingerprint density at radius 1 is 0.857 bits per heavy atom. The summed E-state index contributed by atoms with van der Waals surface area (Å²) in [5, 5.41) is 2.86. The number of hydrogen-bond donors (Lipinski definition) is 1. The van der Waals surface area contributed by atoms with Crippen molar-refractivity contribution in [1.29, 1.82) is 0 Å². The van der Waals surface area contributed by atoms with E-state index >= 15 is 0 Å². The summed E-state index contributed by atoms with van der Waals surface area (Å²) in [7, 11) is 0. The van der Waals surface area contributed by atoms with E-state index in [-0.39, 0.29) is 21.3 Å². The van der Waals surface area contributed by atoms with Crippen LogP contribution in [0.2, 0.25) is 5.02 Å². The van der Waals surface area contributed by atoms with E-state index in [1.165, 1.54) is 12.1 Å². The summed E-state index contributed by atoms with van der Waals surface area (Å²) < 4.78 is -2.04. The molecule has 1 saturated carbocycles. The van der Waals surface area contributed by atoms with Gasteiger partial charge in [0.25, 0.3) is 5.91 Å². The van der Waals surface area contributed by atoms with Crippen LogP contribution in [0.4, 0.5) is 11.4 Å². The van der Waals surface area contributed by atoms with Crippen LogP contribution in [0.5, 0.6) is 0 Å². The van der Waals surface area contributed by atoms with Gasteiger partial charge in [-0.3, -0.25) is 14.4 Å². The Morgan fingerprint density at radius 3 is 1.97 bits per heavy atom. The number of alkyl halides is 4. The standard InChI is InChI=1S/C23H13Cl7N2O3/c1-9-11(24)6-4-7-12(9)31-18(33)10-5-2-3-8-13(10)32-19(34)14-15(20(32)35)22(28)17(26)16(25)21(14,27)23(22,29)30/h2-8,14-15H,1H3,(H,31,33)/t14-,15+,21-,22-/m1/s1. The molecule has 0 spiro atoms. The van der Waals surface area contributed by atoms with Crippen LogP contribution in [0.3, 0.4) is 0 Å². The van der Waals surface area contributed by atoms with Gasteiger partial charge in [0.15, 0.2) is 4.33 Å². The smallest absolute Gasteiger partial charge is 0.257 e. The maximum atomic E-state index is 13.7. The van der Waals surface area contributed by atoms with Crippen LogP contribution in [0.15, 0.2) is 52.5 Å². The summed E-state index contributed by atoms with van der Waals surface area (Å²) in [6.07, 6.45) is 0. The molecule has 0 radical (unpaired) electrons. The highest BCUT2D eigenvalue weighted by atomic mass is 35.5. The number of benzene rings is 2. The number of nitrogens with one attached hydrogen (secondary N) is 1. The molecule has 182 valence electrons. The maximum Gasteiger partial charge on any atom is 0.257 e. The molecule has 4 atom stereocenters. The van der Waals surface area contributed by atoms with Gasteiger partial charge in [0.05, 0.1) is 33.2 Å². The monoisotopic (exact) mass is 610 g/mol. The minimum Gasteiger partial charge on any atom is -0.322 e. The molecule has 2 aromatic rings. The summed E-state index contributed by atoms with van der Waals surface area (Å²) in [5.74, 6) is -4.66. The first-order valence-corrected chi connectivity index (χ1v) is 12.8. The fourth-order valence-electron chi connectivity index (χ4n) is 5.03. The van der Waals surface area contributed by atoms with Crippen molar-refractivity contribution >= 4 is 110 Å². The van der Waals surface area contributed by atoms with Gasteiger partial charge in [0.1, 0.15) is 9.75 Å². The minimum absolute atomic E-state index is 0.0380. The molecule has 1 N–H and O–H groups in total. The number of rotatable bonds is 3. The van der Waals surface area contributed by atoms with Crippen molar-refractivity contribution in [2.45, 2.75) is 21.0 Å². The second-order valence-electron chi connectivity index (χ2n) is 8.48. The number of fused-ring (bicyclic) bond motifs is 5. The highest BCUT2D eigenvalue weighted by molar-refractivity contribution is 6.67. The Morgan fingerprint density at radius 2 is 1.40 bits per heavy atom. The van der Waals surface area contributed by atoms with Gasteiger partial charge in [-0.25, -0.2) is 4.90 Å². The summed E-state index contributed by atoms with van der Waals surface area (Å²) in [6, 6.07) is 11.2. The molecule has 0 unspecified atom stereocenters. The van der Waals surface area contributed by atoms with E-state index in [1.807, 2.05) is 0 Å². The molecule has 0 aromatic heterocycles. The highest BCUT2D eigenvalue weighted by Crippen LogP contribution is 2.77. The molecular weight excluding hydrogens is 600 g/mol. The van der Waals surface area contributed by atoms with Crippen LogP contribution >= 0.6 is 81.2 Å². The maximum absolute atomic E-state index is 13.7. The zero-order valence-electron chi connectivity index (χ0n) is 17.5. The SMILES string of the molecule is Cc1c(Cl)cccc1NC(=O)c1ccccc1N1C(=O)[C@@H]2[C@H](C1=O)[C@@]1(Cl)C(Cl)=C(Cl)[C@@]2(Cl)C1(Cl)Cl. The number of imide groups is 1. The van der Waals surface area contributed by atoms with Crippen LogP contribution in [0, 0.1) is 18.8 Å². The Labute approximate surface area is 235 Å². The van der Waals surface area contributed by atoms with Crippen molar-refractivity contribution in [1.82, 2.24) is 0 Å². The summed E-state index contributed by atoms with van der Waals surface area (Å²) in [6.45, 7) is 1.75. The molecule has 1 heterocycles. The lowest BCUT2D eigenvalue weighted by Crippen LogP contribution is -2.50. The number of anilines is 2. The zero-order chi connectivity index (χ0) is 25.7. The van der Waals surface area contributed by atoms with Gasteiger partial charge in [0, 0.05) is 10.7 Å². The predicted molar refractivity (Wildman–Crippen MR) is 140 cm³/mol. The van der Waals surface area contributed by atoms with Crippen LogP contribution in [-0.2, 0) is 9.59 Å². The van der Waals surface area contributed by atoms with Gasteiger partial charge in [-0.2, -0.15) is 0 Å². The third-order valence-corrected chi connectivity index (χ3v) is 11.5. The van der Waals surface area contributed by atoms with E-state index in [9.17, 15) is 14.4 Å². The van der Waals surface area contributed by atoms with Crippen LogP contribution in [0.25, 0.3) is 0 Å². The Hall–Kier alpha value is -1.18. The number of carbonyl (C=O) groups is 3. The van der Waals surface area contributed by atoms with Crippen LogP contribution in [0.1, 0.15) is 15.9 Å². The third-order valence-electron chi connectivity index (χ3n) is 6.81. The van der Waals surface area contributed by atoms with Crippen molar-refractivity contribution < 1.29 is 14.4 Å². The Kier molecular flexibility index (Phi) is 5.94. The third kappa shape index (κ3) is 3.01. The van der Waals surface area contributed by atoms with Crippen LogP contribution < -0.4 is 10.2 Å². The van der Waals surface area contributed by atoms with E-state index in [1.54, 1.807) is 37.3 Å². The van der Waals surface area contributed by atoms with E-state index in [4.69, 9.17) is 81.2 Å². The van der Waals surface area contributed by atoms with Gasteiger partial charge >= 0.3 is 0 Å². The largest absolute Gasteiger partial charge is 0.322 e. The van der Waals surface area contributed by atoms with E-state index in [0.717, 1.165) is 4.90 Å². The molecular formula is C23H13Cl7N2O3. The number of carbonyl (C=O) groups excluding carboxylic acids is 3. The number of halogens is 7. The number of nitrogens with zero attached hydrogens (tertiary/aromatic N) is 1. The number of para-hydroxylation sites is 1. The fraction of sp³-hybridized carbons (Fsp3) is 0.261. The van der Waals surface area contributed by atoms with Gasteiger partial charge in [-0.05, 0) is 36.8 Å². The second kappa shape index (κ2) is 8.16.